The van der Waals surface area contributed by atoms with Crippen molar-refractivity contribution in [1.82, 2.24) is 5.32 Å². The molecule has 2 rings (SSSR count). The van der Waals surface area contributed by atoms with Gasteiger partial charge < -0.3 is 5.32 Å². The van der Waals surface area contributed by atoms with E-state index in [-0.39, 0.29) is 9.92 Å². The Labute approximate surface area is 130 Å². The maximum Gasteiger partial charge on any atom is 0.263 e. The summed E-state index contributed by atoms with van der Waals surface area (Å²) in [6.45, 7) is 2.43. The molecule has 0 aliphatic rings. The van der Waals surface area contributed by atoms with E-state index in [1.54, 1.807) is 24.3 Å². The number of halogens is 1. The molecule has 0 aliphatic carbocycles. The van der Waals surface area contributed by atoms with Crippen molar-refractivity contribution in [2.45, 2.75) is 18.4 Å². The molecule has 6 heteroatoms. The lowest BCUT2D eigenvalue weighted by Gasteiger charge is -2.13. The molecular weight excluding hydrogens is 308 g/mol. The number of anilines is 1. The van der Waals surface area contributed by atoms with Crippen LogP contribution >= 0.6 is 11.6 Å². The smallest absolute Gasteiger partial charge is 0.263 e. The van der Waals surface area contributed by atoms with E-state index in [0.717, 1.165) is 11.1 Å². The summed E-state index contributed by atoms with van der Waals surface area (Å²) in [6, 6.07) is 12.1. The molecule has 0 aromatic heterocycles. The van der Waals surface area contributed by atoms with Gasteiger partial charge in [0.1, 0.15) is 4.90 Å². The molecule has 0 bridgehead atoms. The van der Waals surface area contributed by atoms with Gasteiger partial charge in [0.05, 0.1) is 10.7 Å². The van der Waals surface area contributed by atoms with Crippen LogP contribution in [0.5, 0.6) is 0 Å². The molecule has 0 saturated carbocycles. The zero-order valence-electron chi connectivity index (χ0n) is 11.9. The monoisotopic (exact) mass is 324 g/mol. The highest BCUT2D eigenvalue weighted by Gasteiger charge is 2.19. The van der Waals surface area contributed by atoms with Gasteiger partial charge in [0.15, 0.2) is 0 Å². The van der Waals surface area contributed by atoms with E-state index >= 15 is 0 Å². The quantitative estimate of drug-likeness (QED) is 0.888. The van der Waals surface area contributed by atoms with Crippen molar-refractivity contribution in [3.05, 3.63) is 58.6 Å². The third-order valence-corrected chi connectivity index (χ3v) is 4.85. The van der Waals surface area contributed by atoms with Gasteiger partial charge in [0, 0.05) is 6.54 Å². The van der Waals surface area contributed by atoms with Gasteiger partial charge in [-0.05, 0) is 43.3 Å². The molecule has 2 aromatic carbocycles. The zero-order valence-corrected chi connectivity index (χ0v) is 13.4. The molecule has 0 radical (unpaired) electrons. The van der Waals surface area contributed by atoms with Crippen molar-refractivity contribution in [2.24, 2.45) is 0 Å². The largest absolute Gasteiger partial charge is 0.316 e. The van der Waals surface area contributed by atoms with Crippen LogP contribution in [0, 0.1) is 6.92 Å². The van der Waals surface area contributed by atoms with Crippen LogP contribution in [0.2, 0.25) is 5.02 Å². The number of para-hydroxylation sites is 1. The Balaban J connectivity index is 2.38. The fraction of sp³-hybridized carbons (Fsp3) is 0.200. The summed E-state index contributed by atoms with van der Waals surface area (Å²) in [5, 5.41) is 3.22. The van der Waals surface area contributed by atoms with Crippen LogP contribution < -0.4 is 10.0 Å². The van der Waals surface area contributed by atoms with Gasteiger partial charge in [0.2, 0.25) is 0 Å². The Morgan fingerprint density at radius 3 is 2.52 bits per heavy atom. The van der Waals surface area contributed by atoms with Crippen LogP contribution in [0.1, 0.15) is 11.1 Å². The van der Waals surface area contributed by atoms with E-state index < -0.39 is 10.0 Å². The highest BCUT2D eigenvalue weighted by Crippen LogP contribution is 2.26. The van der Waals surface area contributed by atoms with Crippen LogP contribution in [0.25, 0.3) is 0 Å². The van der Waals surface area contributed by atoms with Gasteiger partial charge >= 0.3 is 0 Å². The molecule has 2 N–H and O–H groups in total. The molecular formula is C15H17ClN2O2S. The van der Waals surface area contributed by atoms with Crippen molar-refractivity contribution < 1.29 is 8.42 Å². The lowest BCUT2D eigenvalue weighted by Crippen LogP contribution is -2.16. The number of sulfonamides is 1. The summed E-state index contributed by atoms with van der Waals surface area (Å²) in [4.78, 5) is 0.0778. The first-order valence-corrected chi connectivity index (χ1v) is 8.31. The summed E-state index contributed by atoms with van der Waals surface area (Å²) in [5.41, 5.74) is 2.32. The van der Waals surface area contributed by atoms with Crippen molar-refractivity contribution in [3.63, 3.8) is 0 Å². The Kier molecular flexibility index (Phi) is 4.88. The lowest BCUT2D eigenvalue weighted by molar-refractivity contribution is 0.601. The van der Waals surface area contributed by atoms with E-state index in [9.17, 15) is 8.42 Å². The van der Waals surface area contributed by atoms with E-state index in [1.165, 1.54) is 6.07 Å². The minimum atomic E-state index is -3.71. The van der Waals surface area contributed by atoms with Gasteiger partial charge in [-0.25, -0.2) is 8.42 Å². The van der Waals surface area contributed by atoms with Gasteiger partial charge in [-0.15, -0.1) is 0 Å². The maximum absolute atomic E-state index is 12.5. The van der Waals surface area contributed by atoms with Crippen LogP contribution in [-0.2, 0) is 16.6 Å². The molecule has 0 heterocycles. The van der Waals surface area contributed by atoms with Crippen molar-refractivity contribution >= 4 is 27.3 Å². The number of aryl methyl sites for hydroxylation is 1. The Hall–Kier alpha value is -1.56. The van der Waals surface area contributed by atoms with Crippen molar-refractivity contribution in [1.29, 1.82) is 0 Å². The SMILES string of the molecule is CNCc1ccccc1NS(=O)(=O)c1ccc(C)cc1Cl. The second-order valence-corrected chi connectivity index (χ2v) is 6.78. The number of benzene rings is 2. The molecule has 0 saturated heterocycles. The maximum atomic E-state index is 12.5. The van der Waals surface area contributed by atoms with Crippen LogP contribution in [0.15, 0.2) is 47.4 Å². The lowest BCUT2D eigenvalue weighted by atomic mass is 10.2. The Bertz CT molecular complexity index is 745. The van der Waals surface area contributed by atoms with Crippen LogP contribution in [-0.4, -0.2) is 15.5 Å². The minimum absolute atomic E-state index is 0.0778. The molecule has 2 aromatic rings. The van der Waals surface area contributed by atoms with Gasteiger partial charge in [-0.2, -0.15) is 0 Å². The molecule has 0 aliphatic heterocycles. The van der Waals surface area contributed by atoms with Crippen LogP contribution in [0.3, 0.4) is 0 Å². The van der Waals surface area contributed by atoms with E-state index in [0.29, 0.717) is 12.2 Å². The minimum Gasteiger partial charge on any atom is -0.316 e. The first kappa shape index (κ1) is 15.8. The third-order valence-electron chi connectivity index (χ3n) is 3.01. The normalized spacial score (nSPS) is 11.4. The number of hydrogen-bond donors (Lipinski definition) is 2. The number of nitrogens with one attached hydrogen (secondary N) is 2. The molecule has 0 amide bonds. The average Bonchev–Trinajstić information content (AvgIpc) is 2.40. The fourth-order valence-corrected chi connectivity index (χ4v) is 3.69. The average molecular weight is 325 g/mol. The second-order valence-electron chi connectivity index (χ2n) is 4.73. The van der Waals surface area contributed by atoms with Crippen molar-refractivity contribution in [3.8, 4) is 0 Å². The molecule has 0 atom stereocenters. The third kappa shape index (κ3) is 3.75. The van der Waals surface area contributed by atoms with E-state index in [4.69, 9.17) is 11.6 Å². The summed E-state index contributed by atoms with van der Waals surface area (Å²) in [5.74, 6) is 0. The molecule has 0 unspecified atom stereocenters. The first-order valence-electron chi connectivity index (χ1n) is 6.45. The van der Waals surface area contributed by atoms with Gasteiger partial charge in [0.25, 0.3) is 10.0 Å². The summed E-state index contributed by atoms with van der Waals surface area (Å²) in [7, 11) is -1.90. The highest BCUT2D eigenvalue weighted by molar-refractivity contribution is 7.92. The highest BCUT2D eigenvalue weighted by atomic mass is 35.5. The van der Waals surface area contributed by atoms with Gasteiger partial charge in [-0.1, -0.05) is 35.9 Å². The Morgan fingerprint density at radius 1 is 1.14 bits per heavy atom. The van der Waals surface area contributed by atoms with Crippen LogP contribution in [0.4, 0.5) is 5.69 Å². The number of rotatable bonds is 5. The van der Waals surface area contributed by atoms with Gasteiger partial charge in [-0.3, -0.25) is 4.72 Å². The fourth-order valence-electron chi connectivity index (χ4n) is 1.99. The number of hydrogen-bond acceptors (Lipinski definition) is 3. The molecule has 21 heavy (non-hydrogen) atoms. The van der Waals surface area contributed by atoms with E-state index in [2.05, 4.69) is 10.0 Å². The predicted octanol–water partition coefficient (Wildman–Crippen LogP) is 3.17. The Morgan fingerprint density at radius 2 is 1.86 bits per heavy atom. The summed E-state index contributed by atoms with van der Waals surface area (Å²) in [6.07, 6.45) is 0. The summed E-state index contributed by atoms with van der Waals surface area (Å²) < 4.78 is 27.5. The summed E-state index contributed by atoms with van der Waals surface area (Å²) >= 11 is 6.05. The van der Waals surface area contributed by atoms with E-state index in [1.807, 2.05) is 26.1 Å². The molecule has 0 fully saturated rings. The molecule has 112 valence electrons. The zero-order chi connectivity index (χ0) is 15.5. The predicted molar refractivity (Wildman–Crippen MR) is 86.2 cm³/mol. The first-order chi connectivity index (χ1) is 9.94. The van der Waals surface area contributed by atoms with Crippen molar-refractivity contribution in [2.75, 3.05) is 11.8 Å². The standard InChI is InChI=1S/C15H17ClN2O2S/c1-11-7-8-15(13(16)9-11)21(19,20)18-14-6-4-3-5-12(14)10-17-2/h3-9,17-18H,10H2,1-2H3. The topological polar surface area (TPSA) is 58.2 Å². The second kappa shape index (κ2) is 6.47. The molecule has 0 spiro atoms. The molecule has 4 nitrogen and oxygen atoms in total.